The van der Waals surface area contributed by atoms with Crippen LogP contribution in [0.1, 0.15) is 28.9 Å². The van der Waals surface area contributed by atoms with E-state index in [4.69, 9.17) is 21.1 Å². The Bertz CT molecular complexity index is 810. The fraction of sp³-hybridized carbons (Fsp3) is 0.235. The summed E-state index contributed by atoms with van der Waals surface area (Å²) in [5, 5.41) is 13.8. The highest BCUT2D eigenvalue weighted by atomic mass is 35.5. The lowest BCUT2D eigenvalue weighted by Crippen LogP contribution is -2.27. The fourth-order valence-corrected chi connectivity index (χ4v) is 2.53. The van der Waals surface area contributed by atoms with Crippen molar-refractivity contribution in [1.29, 1.82) is 0 Å². The van der Waals surface area contributed by atoms with Gasteiger partial charge in [-0.3, -0.25) is 14.9 Å². The molecule has 0 heterocycles. The largest absolute Gasteiger partial charge is 0.497 e. The smallest absolute Gasteiger partial charge is 0.270 e. The summed E-state index contributed by atoms with van der Waals surface area (Å²) < 4.78 is 10.5. The van der Waals surface area contributed by atoms with Crippen LogP contribution in [0.15, 0.2) is 36.4 Å². The minimum Gasteiger partial charge on any atom is -0.497 e. The molecule has 0 aliphatic carbocycles. The molecule has 0 radical (unpaired) electrons. The van der Waals surface area contributed by atoms with Crippen molar-refractivity contribution in [3.8, 4) is 11.5 Å². The van der Waals surface area contributed by atoms with Crippen LogP contribution < -0.4 is 14.8 Å². The number of benzene rings is 2. The zero-order valence-electron chi connectivity index (χ0n) is 13.9. The number of nitrogens with zero attached hydrogens (tertiary/aromatic N) is 1. The van der Waals surface area contributed by atoms with Crippen LogP contribution in [-0.4, -0.2) is 25.1 Å². The van der Waals surface area contributed by atoms with E-state index in [-0.39, 0.29) is 16.3 Å². The molecule has 0 unspecified atom stereocenters. The van der Waals surface area contributed by atoms with Crippen molar-refractivity contribution in [1.82, 2.24) is 5.32 Å². The van der Waals surface area contributed by atoms with Gasteiger partial charge in [0, 0.05) is 17.7 Å². The van der Waals surface area contributed by atoms with Crippen LogP contribution in [-0.2, 0) is 0 Å². The Morgan fingerprint density at radius 3 is 2.52 bits per heavy atom. The molecule has 2 rings (SSSR count). The molecular formula is C17H17ClN2O5. The highest BCUT2D eigenvalue weighted by Gasteiger charge is 2.20. The van der Waals surface area contributed by atoms with Gasteiger partial charge in [-0.1, -0.05) is 11.6 Å². The topological polar surface area (TPSA) is 90.7 Å². The quantitative estimate of drug-likeness (QED) is 0.622. The molecular weight excluding hydrogens is 348 g/mol. The summed E-state index contributed by atoms with van der Waals surface area (Å²) >= 11 is 6.00. The summed E-state index contributed by atoms with van der Waals surface area (Å²) in [6.07, 6.45) is 0. The summed E-state index contributed by atoms with van der Waals surface area (Å²) in [7, 11) is 3.06. The van der Waals surface area contributed by atoms with Crippen LogP contribution in [0.5, 0.6) is 11.5 Å². The number of amides is 1. The molecule has 0 spiro atoms. The number of hydrogen-bond donors (Lipinski definition) is 1. The van der Waals surface area contributed by atoms with Crippen molar-refractivity contribution in [3.05, 3.63) is 62.7 Å². The molecule has 0 saturated carbocycles. The number of nitro groups is 1. The summed E-state index contributed by atoms with van der Waals surface area (Å²) in [4.78, 5) is 22.8. The average molecular weight is 365 g/mol. The number of nitrogens with one attached hydrogen (secondary N) is 1. The maximum absolute atomic E-state index is 12.5. The lowest BCUT2D eigenvalue weighted by Gasteiger charge is -2.18. The van der Waals surface area contributed by atoms with E-state index in [0.29, 0.717) is 17.1 Å². The second-order valence-corrected chi connectivity index (χ2v) is 5.63. The van der Waals surface area contributed by atoms with Gasteiger partial charge in [0.15, 0.2) is 0 Å². The van der Waals surface area contributed by atoms with Gasteiger partial charge < -0.3 is 14.8 Å². The second kappa shape index (κ2) is 7.85. The van der Waals surface area contributed by atoms with Gasteiger partial charge in [0.25, 0.3) is 11.6 Å². The van der Waals surface area contributed by atoms with Crippen LogP contribution >= 0.6 is 11.6 Å². The molecule has 0 fully saturated rings. The third kappa shape index (κ3) is 4.19. The van der Waals surface area contributed by atoms with Gasteiger partial charge in [-0.2, -0.15) is 0 Å². The van der Waals surface area contributed by atoms with Crippen LogP contribution in [0.4, 0.5) is 5.69 Å². The van der Waals surface area contributed by atoms with E-state index in [1.165, 1.54) is 26.4 Å². The molecule has 1 amide bonds. The van der Waals surface area contributed by atoms with Crippen molar-refractivity contribution in [2.75, 3.05) is 14.2 Å². The first-order chi connectivity index (χ1) is 11.9. The number of nitro benzene ring substituents is 1. The Morgan fingerprint density at radius 2 is 1.92 bits per heavy atom. The van der Waals surface area contributed by atoms with Gasteiger partial charge in [0.2, 0.25) is 0 Å². The minimum atomic E-state index is -0.582. The molecule has 25 heavy (non-hydrogen) atoms. The summed E-state index contributed by atoms with van der Waals surface area (Å²) in [5.41, 5.74) is 0.530. The van der Waals surface area contributed by atoms with Crippen molar-refractivity contribution in [3.63, 3.8) is 0 Å². The molecule has 0 saturated heterocycles. The molecule has 132 valence electrons. The van der Waals surface area contributed by atoms with Gasteiger partial charge in [-0.25, -0.2) is 0 Å². The number of carbonyl (C=O) groups excluding carboxylic acids is 1. The molecule has 0 aliphatic heterocycles. The summed E-state index contributed by atoms with van der Waals surface area (Å²) in [6, 6.07) is 8.50. The molecule has 0 aliphatic rings. The number of carbonyl (C=O) groups is 1. The Hall–Kier alpha value is -2.80. The number of ether oxygens (including phenoxy) is 2. The van der Waals surface area contributed by atoms with Gasteiger partial charge in [0.1, 0.15) is 11.5 Å². The highest BCUT2D eigenvalue weighted by Crippen LogP contribution is 2.30. The van der Waals surface area contributed by atoms with Crippen molar-refractivity contribution >= 4 is 23.2 Å². The Morgan fingerprint density at radius 1 is 1.20 bits per heavy atom. The first kappa shape index (κ1) is 18.5. The van der Waals surface area contributed by atoms with E-state index < -0.39 is 16.9 Å². The maximum atomic E-state index is 12.5. The second-order valence-electron chi connectivity index (χ2n) is 5.22. The number of halogens is 1. The predicted molar refractivity (Wildman–Crippen MR) is 93.5 cm³/mol. The summed E-state index contributed by atoms with van der Waals surface area (Å²) in [6.45, 7) is 1.76. The highest BCUT2D eigenvalue weighted by molar-refractivity contribution is 6.33. The van der Waals surface area contributed by atoms with E-state index in [1.807, 2.05) is 0 Å². The van der Waals surface area contributed by atoms with E-state index in [2.05, 4.69) is 5.32 Å². The lowest BCUT2D eigenvalue weighted by molar-refractivity contribution is -0.384. The normalized spacial score (nSPS) is 11.5. The molecule has 8 heteroatoms. The molecule has 0 bridgehead atoms. The molecule has 2 aromatic rings. The SMILES string of the molecule is COc1ccc(OC)c([C@H](C)NC(=O)c2cc([N+](=O)[O-])ccc2Cl)c1. The van der Waals surface area contributed by atoms with Crippen molar-refractivity contribution < 1.29 is 19.2 Å². The van der Waals surface area contributed by atoms with E-state index in [0.717, 1.165) is 6.07 Å². The van der Waals surface area contributed by atoms with Crippen molar-refractivity contribution in [2.45, 2.75) is 13.0 Å². The third-order valence-corrected chi connectivity index (χ3v) is 3.99. The van der Waals surface area contributed by atoms with E-state index >= 15 is 0 Å². The van der Waals surface area contributed by atoms with Gasteiger partial charge in [-0.05, 0) is 31.2 Å². The monoisotopic (exact) mass is 364 g/mol. The van der Waals surface area contributed by atoms with Gasteiger partial charge >= 0.3 is 0 Å². The molecule has 0 aromatic heterocycles. The van der Waals surface area contributed by atoms with E-state index in [9.17, 15) is 14.9 Å². The molecule has 1 N–H and O–H groups in total. The third-order valence-electron chi connectivity index (χ3n) is 3.66. The Kier molecular flexibility index (Phi) is 5.82. The first-order valence-corrected chi connectivity index (χ1v) is 7.72. The predicted octanol–water partition coefficient (Wildman–Crippen LogP) is 3.76. The van der Waals surface area contributed by atoms with E-state index in [1.54, 1.807) is 25.1 Å². The Balaban J connectivity index is 2.29. The van der Waals surface area contributed by atoms with Crippen molar-refractivity contribution in [2.24, 2.45) is 0 Å². The molecule has 1 atom stereocenters. The first-order valence-electron chi connectivity index (χ1n) is 7.34. The summed E-state index contributed by atoms with van der Waals surface area (Å²) in [5.74, 6) is 0.676. The van der Waals surface area contributed by atoms with Gasteiger partial charge in [-0.15, -0.1) is 0 Å². The van der Waals surface area contributed by atoms with Crippen LogP contribution in [0.25, 0.3) is 0 Å². The number of non-ortho nitro benzene ring substituents is 1. The average Bonchev–Trinajstić information content (AvgIpc) is 2.60. The molecule has 2 aromatic carbocycles. The minimum absolute atomic E-state index is 0.0320. The fourth-order valence-electron chi connectivity index (χ4n) is 2.33. The van der Waals surface area contributed by atoms with Crippen LogP contribution in [0, 0.1) is 10.1 Å². The standard InChI is InChI=1S/C17H17ClN2O5/c1-10(13-9-12(24-2)5-7-16(13)25-3)19-17(21)14-8-11(20(22)23)4-6-15(14)18/h4-10H,1-3H3,(H,19,21)/t10-/m0/s1. The maximum Gasteiger partial charge on any atom is 0.270 e. The number of hydrogen-bond acceptors (Lipinski definition) is 5. The zero-order valence-corrected chi connectivity index (χ0v) is 14.7. The number of methoxy groups -OCH3 is 2. The van der Waals surface area contributed by atoms with Crippen LogP contribution in [0.3, 0.4) is 0 Å². The van der Waals surface area contributed by atoms with Gasteiger partial charge in [0.05, 0.1) is 35.8 Å². The Labute approximate surface area is 149 Å². The number of rotatable bonds is 6. The molecule has 7 nitrogen and oxygen atoms in total. The van der Waals surface area contributed by atoms with Crippen LogP contribution in [0.2, 0.25) is 5.02 Å². The zero-order chi connectivity index (χ0) is 18.6. The lowest BCUT2D eigenvalue weighted by atomic mass is 10.1.